The van der Waals surface area contributed by atoms with Gasteiger partial charge in [0.1, 0.15) is 37.8 Å². The summed E-state index contributed by atoms with van der Waals surface area (Å²) in [5, 5.41) is 0. The van der Waals surface area contributed by atoms with Crippen LogP contribution in [-0.4, -0.2) is 77.3 Å². The molecule has 2 aromatic rings. The van der Waals surface area contributed by atoms with Crippen LogP contribution in [0.15, 0.2) is 60.7 Å². The second-order valence-corrected chi connectivity index (χ2v) is 8.13. The molecule has 0 heterocycles. The van der Waals surface area contributed by atoms with Gasteiger partial charge in [-0.1, -0.05) is 36.4 Å². The summed E-state index contributed by atoms with van der Waals surface area (Å²) in [4.78, 5) is 23.3. The van der Waals surface area contributed by atoms with Crippen molar-refractivity contribution >= 4 is 22.7 Å². The Labute approximate surface area is 192 Å². The van der Waals surface area contributed by atoms with Crippen molar-refractivity contribution in [2.45, 2.75) is 0 Å². The molecule has 33 heavy (non-hydrogen) atoms. The minimum absolute atomic E-state index is 0.188. The van der Waals surface area contributed by atoms with Crippen molar-refractivity contribution in [1.29, 1.82) is 0 Å². The fourth-order valence-corrected chi connectivity index (χ4v) is 2.09. The number of ether oxygens (including phenoxy) is 4. The summed E-state index contributed by atoms with van der Waals surface area (Å²) >= 11 is 0. The Morgan fingerprint density at radius 2 is 1.12 bits per heavy atom. The molecule has 2 rings (SSSR count). The lowest BCUT2D eigenvalue weighted by atomic mass is 10.3. The lowest BCUT2D eigenvalue weighted by Gasteiger charge is -2.28. The van der Waals surface area contributed by atoms with Gasteiger partial charge < -0.3 is 28.0 Å². The fourth-order valence-electron chi connectivity index (χ4n) is 2.09. The summed E-state index contributed by atoms with van der Waals surface area (Å²) in [7, 11) is 0.280. The van der Waals surface area contributed by atoms with Crippen molar-refractivity contribution in [3.63, 3.8) is 0 Å². The molecule has 0 aliphatic carbocycles. The number of quaternary nitrogens is 1. The van der Waals surface area contributed by atoms with Gasteiger partial charge in [-0.3, -0.25) is 4.18 Å². The van der Waals surface area contributed by atoms with E-state index in [9.17, 15) is 22.6 Å². The molecule has 0 fully saturated rings. The molecule has 0 aromatic heterocycles. The van der Waals surface area contributed by atoms with Crippen LogP contribution in [0.4, 0.5) is 9.59 Å². The van der Waals surface area contributed by atoms with Crippen LogP contribution in [0.1, 0.15) is 0 Å². The lowest BCUT2D eigenvalue weighted by molar-refractivity contribution is -0.890. The van der Waals surface area contributed by atoms with Gasteiger partial charge in [0, 0.05) is 0 Å². The topological polar surface area (TPSA) is 137 Å². The second kappa shape index (κ2) is 14.1. The van der Waals surface area contributed by atoms with Crippen LogP contribution < -0.4 is 9.47 Å². The normalized spacial score (nSPS) is 10.9. The summed E-state index contributed by atoms with van der Waals surface area (Å²) in [5.41, 5.74) is 0. The smallest absolute Gasteiger partial charge is 0.514 e. The Hall–Kier alpha value is -3.19. The molecule has 0 amide bonds. The van der Waals surface area contributed by atoms with Gasteiger partial charge in [-0.05, 0) is 24.3 Å². The van der Waals surface area contributed by atoms with Crippen molar-refractivity contribution in [3.05, 3.63) is 60.7 Å². The zero-order valence-electron chi connectivity index (χ0n) is 18.5. The van der Waals surface area contributed by atoms with Crippen molar-refractivity contribution in [2.75, 3.05) is 47.5 Å². The van der Waals surface area contributed by atoms with Crippen LogP contribution >= 0.6 is 0 Å². The average Bonchev–Trinajstić information content (AvgIpc) is 2.75. The van der Waals surface area contributed by atoms with Gasteiger partial charge in [-0.2, -0.15) is 0 Å². The third-order valence-corrected chi connectivity index (χ3v) is 4.33. The van der Waals surface area contributed by atoms with Gasteiger partial charge in [-0.15, -0.1) is 0 Å². The summed E-state index contributed by atoms with van der Waals surface area (Å²) < 4.78 is 51.8. The van der Waals surface area contributed by atoms with Gasteiger partial charge in [0.15, 0.2) is 0 Å². The average molecular weight is 486 g/mol. The van der Waals surface area contributed by atoms with E-state index in [2.05, 4.69) is 4.18 Å². The van der Waals surface area contributed by atoms with Crippen LogP contribution in [0.5, 0.6) is 11.5 Å². The minimum atomic E-state index is -4.41. The SMILES string of the molecule is COS(=O)(=O)[O-].C[N+](C)(CCOC(=O)Oc1ccccc1)CCOC(=O)Oc1ccccc1. The molecule has 182 valence electrons. The number of carbonyl (C=O) groups is 2. The molecule has 2 aromatic carbocycles. The van der Waals surface area contributed by atoms with E-state index < -0.39 is 22.7 Å². The maximum atomic E-state index is 11.6. The quantitative estimate of drug-likeness (QED) is 0.171. The highest BCUT2D eigenvalue weighted by Crippen LogP contribution is 2.10. The fraction of sp³-hybridized carbons (Fsp3) is 0.333. The number of likely N-dealkylation sites (N-methyl/N-ethyl adjacent to an activating group) is 1. The molecule has 0 spiro atoms. The Bertz CT molecular complexity index is 888. The van der Waals surface area contributed by atoms with E-state index in [1.807, 2.05) is 26.2 Å². The largest absolute Gasteiger partial charge is 0.726 e. The first-order valence-electron chi connectivity index (χ1n) is 9.63. The number of nitrogens with zero attached hydrogens (tertiary/aromatic N) is 1. The molecule has 12 heteroatoms. The molecule has 0 bridgehead atoms. The number of hydrogen-bond donors (Lipinski definition) is 0. The standard InChI is InChI=1S/C20H24NO6.CH4O4S/c1-21(2,13-15-24-19(22)26-17-9-5-3-6-10-17)14-16-25-20(23)27-18-11-7-4-8-12-18;1-5-6(2,3)4/h3-12H,13-16H2,1-2H3;1H3,(H,2,3,4)/q+1;/p-1. The summed E-state index contributed by atoms with van der Waals surface area (Å²) in [5.74, 6) is 0.864. The molecule has 0 aliphatic heterocycles. The molecule has 11 nitrogen and oxygen atoms in total. The third kappa shape index (κ3) is 14.5. The molecule has 0 N–H and O–H groups in total. The van der Waals surface area contributed by atoms with Crippen LogP contribution in [0.2, 0.25) is 0 Å². The zero-order valence-corrected chi connectivity index (χ0v) is 19.4. The van der Waals surface area contributed by atoms with Gasteiger partial charge in [0.25, 0.3) is 0 Å². The van der Waals surface area contributed by atoms with Crippen molar-refractivity contribution in [3.8, 4) is 11.5 Å². The number of benzene rings is 2. The first-order chi connectivity index (χ1) is 15.5. The van der Waals surface area contributed by atoms with Crippen LogP contribution in [0, 0.1) is 0 Å². The Morgan fingerprint density at radius 1 is 0.788 bits per heavy atom. The molecule has 0 saturated carbocycles. The molecular formula is C21H27NO10S. The van der Waals surface area contributed by atoms with E-state index in [0.717, 1.165) is 7.11 Å². The summed E-state index contributed by atoms with van der Waals surface area (Å²) in [6.07, 6.45) is -1.49. The summed E-state index contributed by atoms with van der Waals surface area (Å²) in [6, 6.07) is 17.4. The van der Waals surface area contributed by atoms with Crippen molar-refractivity contribution in [2.24, 2.45) is 0 Å². The highest BCUT2D eigenvalue weighted by molar-refractivity contribution is 7.80. The highest BCUT2D eigenvalue weighted by atomic mass is 32.3. The van der Waals surface area contributed by atoms with E-state index >= 15 is 0 Å². The lowest BCUT2D eigenvalue weighted by Crippen LogP contribution is -2.45. The van der Waals surface area contributed by atoms with E-state index in [4.69, 9.17) is 18.9 Å². The first kappa shape index (κ1) is 27.8. The van der Waals surface area contributed by atoms with Gasteiger partial charge in [0.2, 0.25) is 10.4 Å². The molecule has 0 saturated heterocycles. The third-order valence-electron chi connectivity index (χ3n) is 3.93. The molecule has 0 unspecified atom stereocenters. The Morgan fingerprint density at radius 3 is 1.42 bits per heavy atom. The van der Waals surface area contributed by atoms with Crippen molar-refractivity contribution < 1.29 is 50.2 Å². The molecule has 0 aliphatic rings. The predicted octanol–water partition coefficient (Wildman–Crippen LogP) is 2.59. The Balaban J connectivity index is 0.000000801. The highest BCUT2D eigenvalue weighted by Gasteiger charge is 2.18. The van der Waals surface area contributed by atoms with Crippen LogP contribution in [-0.2, 0) is 24.1 Å². The minimum Gasteiger partial charge on any atom is -0.726 e. The monoisotopic (exact) mass is 485 g/mol. The summed E-state index contributed by atoms with van der Waals surface area (Å²) in [6.45, 7) is 1.46. The van der Waals surface area contributed by atoms with Crippen LogP contribution in [0.25, 0.3) is 0 Å². The van der Waals surface area contributed by atoms with Crippen molar-refractivity contribution in [1.82, 2.24) is 0 Å². The van der Waals surface area contributed by atoms with E-state index in [0.29, 0.717) is 29.1 Å². The van der Waals surface area contributed by atoms with Gasteiger partial charge in [0.05, 0.1) is 21.2 Å². The second-order valence-electron chi connectivity index (χ2n) is 6.99. The number of hydrogen-bond acceptors (Lipinski definition) is 10. The van der Waals surface area contributed by atoms with E-state index in [1.54, 1.807) is 48.5 Å². The number of para-hydroxylation sites is 2. The molecular weight excluding hydrogens is 458 g/mol. The van der Waals surface area contributed by atoms with E-state index in [-0.39, 0.29) is 13.2 Å². The maximum absolute atomic E-state index is 11.6. The van der Waals surface area contributed by atoms with Gasteiger partial charge in [-0.25, -0.2) is 18.0 Å². The number of rotatable bonds is 9. The molecule has 0 radical (unpaired) electrons. The van der Waals surface area contributed by atoms with Crippen LogP contribution in [0.3, 0.4) is 0 Å². The first-order valence-corrected chi connectivity index (χ1v) is 11.0. The Kier molecular flexibility index (Phi) is 11.9. The number of carbonyl (C=O) groups excluding carboxylic acids is 2. The maximum Gasteiger partial charge on any atom is 0.514 e. The zero-order chi connectivity index (χ0) is 24.7. The predicted molar refractivity (Wildman–Crippen MR) is 115 cm³/mol. The molecule has 0 atom stereocenters. The van der Waals surface area contributed by atoms with E-state index in [1.165, 1.54) is 0 Å². The van der Waals surface area contributed by atoms with Gasteiger partial charge >= 0.3 is 12.3 Å².